The van der Waals surface area contributed by atoms with Crippen LogP contribution >= 0.6 is 11.6 Å². The smallest absolute Gasteiger partial charge is 0.261 e. The Hall–Kier alpha value is -2.59. The first kappa shape index (κ1) is 26.6. The van der Waals surface area contributed by atoms with Gasteiger partial charge in [0.1, 0.15) is 34.4 Å². The summed E-state index contributed by atoms with van der Waals surface area (Å²) in [6, 6.07) is 22.6. The van der Waals surface area contributed by atoms with Crippen molar-refractivity contribution < 1.29 is 19.4 Å². The zero-order chi connectivity index (χ0) is 27.6. The van der Waals surface area contributed by atoms with Crippen LogP contribution in [0.25, 0.3) is 11.0 Å². The second-order valence-electron chi connectivity index (χ2n) is 11.9. The fourth-order valence-corrected chi connectivity index (χ4v) is 11.7. The van der Waals surface area contributed by atoms with E-state index >= 15 is 0 Å². The lowest BCUT2D eigenvalue weighted by Crippen LogP contribution is -2.69. The van der Waals surface area contributed by atoms with E-state index in [0.717, 1.165) is 10.4 Å². The molecule has 4 aromatic rings. The van der Waals surface area contributed by atoms with Crippen LogP contribution in [0.15, 0.2) is 79.3 Å². The molecule has 1 saturated heterocycles. The third-order valence-corrected chi connectivity index (χ3v) is 14.2. The van der Waals surface area contributed by atoms with Crippen LogP contribution < -0.4 is 10.4 Å². The molecule has 9 heteroatoms. The summed E-state index contributed by atoms with van der Waals surface area (Å²) in [6.45, 7) is 8.56. The Kier molecular flexibility index (Phi) is 6.30. The molecule has 1 saturated carbocycles. The number of nitrogens with zero attached hydrogens (tertiary/aromatic N) is 3. The average Bonchev–Trinajstić information content (AvgIpc) is 3.52. The van der Waals surface area contributed by atoms with Gasteiger partial charge in [0, 0.05) is 6.20 Å². The molecule has 3 heterocycles. The maximum atomic E-state index is 12.1. The molecule has 1 aliphatic carbocycles. The minimum absolute atomic E-state index is 0.242. The summed E-state index contributed by atoms with van der Waals surface area (Å²) >= 11 is 6.29. The van der Waals surface area contributed by atoms with E-state index in [0.29, 0.717) is 29.0 Å². The molecule has 0 spiro atoms. The normalized spacial score (nSPS) is 29.2. The van der Waals surface area contributed by atoms with Gasteiger partial charge in [-0.05, 0) is 41.2 Å². The van der Waals surface area contributed by atoms with Gasteiger partial charge < -0.3 is 23.9 Å². The fourth-order valence-electron chi connectivity index (χ4n) is 6.75. The molecular formula is C30H34ClN3O4Si. The third-order valence-electron chi connectivity index (χ3n) is 8.86. The summed E-state index contributed by atoms with van der Waals surface area (Å²) in [5, 5.41) is 26.7. The summed E-state index contributed by atoms with van der Waals surface area (Å²) in [5.74, 6) is 0. The molecule has 204 valence electrons. The summed E-state index contributed by atoms with van der Waals surface area (Å²) < 4.78 is 15.8. The number of ether oxygens (including phenoxy) is 1. The third kappa shape index (κ3) is 3.77. The molecule has 0 amide bonds. The number of hydrogen-bond acceptors (Lipinski definition) is 6. The maximum Gasteiger partial charge on any atom is 0.261 e. The number of hydrogen-bond donors (Lipinski definition) is 2. The van der Waals surface area contributed by atoms with E-state index in [1.807, 2.05) is 19.1 Å². The van der Waals surface area contributed by atoms with Crippen molar-refractivity contribution in [1.82, 2.24) is 14.5 Å². The largest absolute Gasteiger partial charge is 0.401 e. The molecule has 2 aromatic carbocycles. The lowest BCUT2D eigenvalue weighted by molar-refractivity contribution is -0.154. The van der Waals surface area contributed by atoms with Gasteiger partial charge in [-0.25, -0.2) is 9.97 Å². The topological polar surface area (TPSA) is 89.6 Å². The maximum absolute atomic E-state index is 12.1. The van der Waals surface area contributed by atoms with Crippen molar-refractivity contribution in [1.29, 1.82) is 0 Å². The van der Waals surface area contributed by atoms with Gasteiger partial charge in [0.2, 0.25) is 0 Å². The lowest BCUT2D eigenvalue weighted by Gasteiger charge is -2.47. The van der Waals surface area contributed by atoms with E-state index in [9.17, 15) is 10.2 Å². The Balaban J connectivity index is 1.45. The van der Waals surface area contributed by atoms with Gasteiger partial charge in [0.05, 0.1) is 11.5 Å². The predicted molar refractivity (Wildman–Crippen MR) is 154 cm³/mol. The molecule has 0 bridgehead atoms. The Morgan fingerprint density at radius 2 is 1.64 bits per heavy atom. The lowest BCUT2D eigenvalue weighted by atomic mass is 9.84. The van der Waals surface area contributed by atoms with E-state index in [1.54, 1.807) is 16.8 Å². The summed E-state index contributed by atoms with van der Waals surface area (Å²) in [4.78, 5) is 8.44. The van der Waals surface area contributed by atoms with Gasteiger partial charge in [-0.3, -0.25) is 0 Å². The standard InChI is InChI=1S/C30H34ClN3O4Si/c1-28(2,3)39(20-11-7-5-8-12-20,21-13-9-6-10-14-21)38-23-15-17-30(36)24(35)27(37-29(23,30)4)34-18-16-22-25(31)32-19-33-26(22)34/h5-14,16,18-19,23-24,27,35-36H,15,17H2,1-4H3/t23-,24?,27+,29+,30-/m0/s1. The highest BCUT2D eigenvalue weighted by molar-refractivity contribution is 6.99. The van der Waals surface area contributed by atoms with Crippen LogP contribution in [-0.4, -0.2) is 56.5 Å². The highest BCUT2D eigenvalue weighted by Crippen LogP contribution is 2.56. The molecule has 39 heavy (non-hydrogen) atoms. The second-order valence-corrected chi connectivity index (χ2v) is 16.5. The number of benzene rings is 2. The Morgan fingerprint density at radius 1 is 1.03 bits per heavy atom. The van der Waals surface area contributed by atoms with Crippen LogP contribution in [0.2, 0.25) is 10.2 Å². The molecule has 6 rings (SSSR count). The van der Waals surface area contributed by atoms with Crippen molar-refractivity contribution in [2.24, 2.45) is 0 Å². The zero-order valence-corrected chi connectivity index (χ0v) is 24.3. The van der Waals surface area contributed by atoms with Gasteiger partial charge in [-0.15, -0.1) is 0 Å². The fraction of sp³-hybridized carbons (Fsp3) is 0.400. The molecule has 2 fully saturated rings. The minimum atomic E-state index is -2.93. The number of halogens is 1. The van der Waals surface area contributed by atoms with E-state index in [2.05, 4.69) is 79.3 Å². The van der Waals surface area contributed by atoms with Crippen LogP contribution in [0.4, 0.5) is 0 Å². The molecule has 5 atom stereocenters. The molecule has 2 aliphatic rings. The van der Waals surface area contributed by atoms with Gasteiger partial charge in [-0.1, -0.05) is 93.0 Å². The number of aliphatic hydroxyl groups excluding tert-OH is 1. The highest BCUT2D eigenvalue weighted by atomic mass is 35.5. The predicted octanol–water partition coefficient (Wildman–Crippen LogP) is 4.20. The van der Waals surface area contributed by atoms with Crippen LogP contribution in [0.1, 0.15) is 46.8 Å². The Labute approximate surface area is 234 Å². The number of aromatic nitrogens is 3. The van der Waals surface area contributed by atoms with Crippen molar-refractivity contribution in [3.63, 3.8) is 0 Å². The number of fused-ring (bicyclic) bond motifs is 2. The Bertz CT molecular complexity index is 1460. The first-order valence-electron chi connectivity index (χ1n) is 13.4. The molecule has 1 aliphatic heterocycles. The molecular weight excluding hydrogens is 530 g/mol. The number of rotatable bonds is 5. The van der Waals surface area contributed by atoms with Crippen molar-refractivity contribution in [2.45, 2.75) is 75.2 Å². The quantitative estimate of drug-likeness (QED) is 0.279. The van der Waals surface area contributed by atoms with Crippen molar-refractivity contribution in [2.75, 3.05) is 0 Å². The second kappa shape index (κ2) is 9.23. The average molecular weight is 564 g/mol. The van der Waals surface area contributed by atoms with Crippen molar-refractivity contribution in [3.8, 4) is 0 Å². The Morgan fingerprint density at radius 3 is 2.23 bits per heavy atom. The number of aliphatic hydroxyl groups is 2. The van der Waals surface area contributed by atoms with Gasteiger partial charge in [-0.2, -0.15) is 0 Å². The molecule has 2 aromatic heterocycles. The zero-order valence-electron chi connectivity index (χ0n) is 22.6. The molecule has 2 N–H and O–H groups in total. The van der Waals surface area contributed by atoms with Crippen molar-refractivity contribution >= 4 is 41.3 Å². The SMILES string of the molecule is CC(C)(C)[Si](O[C@H]1CC[C@]2(O)C(O)[C@H](n3ccc4c(Cl)ncnc43)O[C@]12C)(c1ccccc1)c1ccccc1. The monoisotopic (exact) mass is 563 g/mol. The summed E-state index contributed by atoms with van der Waals surface area (Å²) in [5.41, 5.74) is -2.14. The summed E-state index contributed by atoms with van der Waals surface area (Å²) in [7, 11) is -2.93. The highest BCUT2D eigenvalue weighted by Gasteiger charge is 2.71. The van der Waals surface area contributed by atoms with Crippen LogP contribution in [-0.2, 0) is 9.16 Å². The van der Waals surface area contributed by atoms with Crippen LogP contribution in [0.5, 0.6) is 0 Å². The van der Waals surface area contributed by atoms with Crippen molar-refractivity contribution in [3.05, 3.63) is 84.4 Å². The summed E-state index contributed by atoms with van der Waals surface area (Å²) in [6.07, 6.45) is 1.53. The van der Waals surface area contributed by atoms with Gasteiger partial charge in [0.25, 0.3) is 8.32 Å². The molecule has 1 unspecified atom stereocenters. The van der Waals surface area contributed by atoms with Gasteiger partial charge in [0.15, 0.2) is 6.23 Å². The van der Waals surface area contributed by atoms with E-state index in [4.69, 9.17) is 20.8 Å². The molecule has 7 nitrogen and oxygen atoms in total. The first-order valence-corrected chi connectivity index (χ1v) is 15.7. The minimum Gasteiger partial charge on any atom is -0.401 e. The van der Waals surface area contributed by atoms with E-state index in [1.165, 1.54) is 6.33 Å². The van der Waals surface area contributed by atoms with E-state index in [-0.39, 0.29) is 5.04 Å². The van der Waals surface area contributed by atoms with Crippen LogP contribution in [0, 0.1) is 0 Å². The van der Waals surface area contributed by atoms with Gasteiger partial charge >= 0.3 is 0 Å². The van der Waals surface area contributed by atoms with Crippen LogP contribution in [0.3, 0.4) is 0 Å². The molecule has 0 radical (unpaired) electrons. The van der Waals surface area contributed by atoms with E-state index < -0.39 is 38.0 Å². The first-order chi connectivity index (χ1) is 18.5.